The van der Waals surface area contributed by atoms with Crippen LogP contribution in [-0.4, -0.2) is 37.7 Å². The first-order valence-corrected chi connectivity index (χ1v) is 7.69. The number of hydrazone groups is 1. The summed E-state index contributed by atoms with van der Waals surface area (Å²) in [5.41, 5.74) is 3.06. The first-order valence-electron chi connectivity index (χ1n) is 7.69. The number of nitrogens with one attached hydrogen (secondary N) is 2. The summed E-state index contributed by atoms with van der Waals surface area (Å²) in [5.74, 6) is -2.41. The molecule has 2 aromatic carbocycles. The SMILES string of the molecule is COc1ccccc1NC(=O)C(=O)N/N=C\c1ccc(OCC(=O)[O-])cc1. The number of rotatable bonds is 7. The standard InChI is InChI=1S/C18H17N3O6/c1-26-15-5-3-2-4-14(15)20-17(24)18(25)21-19-10-12-6-8-13(9-7-12)27-11-16(22)23/h2-10H,11H2,1H3,(H,20,24)(H,21,25)(H,22,23)/p-1/b19-10-. The van der Waals surface area contributed by atoms with Gasteiger partial charge in [0.25, 0.3) is 0 Å². The number of carbonyl (C=O) groups is 3. The molecule has 9 nitrogen and oxygen atoms in total. The molecule has 0 saturated carbocycles. The van der Waals surface area contributed by atoms with E-state index in [0.717, 1.165) is 0 Å². The van der Waals surface area contributed by atoms with Crippen LogP contribution in [0.25, 0.3) is 0 Å². The van der Waals surface area contributed by atoms with E-state index in [4.69, 9.17) is 9.47 Å². The van der Waals surface area contributed by atoms with Gasteiger partial charge in [-0.05, 0) is 42.0 Å². The van der Waals surface area contributed by atoms with Crippen LogP contribution in [0.3, 0.4) is 0 Å². The fraction of sp³-hybridized carbons (Fsp3) is 0.111. The average Bonchev–Trinajstić information content (AvgIpc) is 2.67. The summed E-state index contributed by atoms with van der Waals surface area (Å²) in [6, 6.07) is 12.9. The van der Waals surface area contributed by atoms with Gasteiger partial charge < -0.3 is 24.7 Å². The molecule has 0 unspecified atom stereocenters. The Labute approximate surface area is 154 Å². The zero-order valence-corrected chi connectivity index (χ0v) is 14.3. The maximum absolute atomic E-state index is 11.9. The van der Waals surface area contributed by atoms with Gasteiger partial charge in [0.1, 0.15) is 18.1 Å². The Morgan fingerprint density at radius 2 is 1.78 bits per heavy atom. The molecule has 0 bridgehead atoms. The maximum atomic E-state index is 11.9. The van der Waals surface area contributed by atoms with E-state index in [-0.39, 0.29) is 0 Å². The Morgan fingerprint density at radius 3 is 2.44 bits per heavy atom. The maximum Gasteiger partial charge on any atom is 0.329 e. The van der Waals surface area contributed by atoms with Gasteiger partial charge in [0.05, 0.1) is 25.0 Å². The summed E-state index contributed by atoms with van der Waals surface area (Å²) in [6.07, 6.45) is 1.32. The number of para-hydroxylation sites is 2. The molecular formula is C18H16N3O6-. The van der Waals surface area contributed by atoms with Gasteiger partial charge >= 0.3 is 11.8 Å². The van der Waals surface area contributed by atoms with Crippen LogP contribution in [0.5, 0.6) is 11.5 Å². The monoisotopic (exact) mass is 370 g/mol. The number of nitrogens with zero attached hydrogens (tertiary/aromatic N) is 1. The Morgan fingerprint density at radius 1 is 1.07 bits per heavy atom. The molecule has 0 fully saturated rings. The van der Waals surface area contributed by atoms with Crippen LogP contribution in [0.2, 0.25) is 0 Å². The quantitative estimate of drug-likeness (QED) is 0.398. The number of amides is 2. The molecule has 0 aliphatic heterocycles. The number of hydrogen-bond acceptors (Lipinski definition) is 7. The van der Waals surface area contributed by atoms with E-state index in [1.807, 2.05) is 0 Å². The largest absolute Gasteiger partial charge is 0.546 e. The minimum Gasteiger partial charge on any atom is -0.546 e. The van der Waals surface area contributed by atoms with Crippen LogP contribution in [0.1, 0.15) is 5.56 Å². The smallest absolute Gasteiger partial charge is 0.329 e. The summed E-state index contributed by atoms with van der Waals surface area (Å²) >= 11 is 0. The van der Waals surface area contributed by atoms with Gasteiger partial charge in [-0.15, -0.1) is 0 Å². The third-order valence-electron chi connectivity index (χ3n) is 3.18. The molecule has 0 saturated heterocycles. The lowest BCUT2D eigenvalue weighted by atomic mass is 10.2. The van der Waals surface area contributed by atoms with Crippen molar-refractivity contribution in [3.63, 3.8) is 0 Å². The molecule has 0 aliphatic carbocycles. The van der Waals surface area contributed by atoms with E-state index in [1.165, 1.54) is 25.5 Å². The summed E-state index contributed by atoms with van der Waals surface area (Å²) in [7, 11) is 1.45. The Kier molecular flexibility index (Phi) is 6.89. The molecule has 2 aromatic rings. The van der Waals surface area contributed by atoms with E-state index in [1.54, 1.807) is 36.4 Å². The molecule has 0 aromatic heterocycles. The third kappa shape index (κ3) is 6.16. The van der Waals surface area contributed by atoms with Crippen molar-refractivity contribution < 1.29 is 29.0 Å². The minimum absolute atomic E-state index is 0.344. The van der Waals surface area contributed by atoms with Gasteiger partial charge in [0.15, 0.2) is 0 Å². The predicted molar refractivity (Wildman–Crippen MR) is 94.3 cm³/mol. The van der Waals surface area contributed by atoms with E-state index in [0.29, 0.717) is 22.7 Å². The molecule has 0 radical (unpaired) electrons. The summed E-state index contributed by atoms with van der Waals surface area (Å²) in [4.78, 5) is 34.0. The number of ether oxygens (including phenoxy) is 2. The highest BCUT2D eigenvalue weighted by molar-refractivity contribution is 6.39. The zero-order chi connectivity index (χ0) is 19.6. The molecule has 2 N–H and O–H groups in total. The summed E-state index contributed by atoms with van der Waals surface area (Å²) < 4.78 is 10.0. The number of methoxy groups -OCH3 is 1. The van der Waals surface area contributed by atoms with Crippen molar-refractivity contribution in [3.05, 3.63) is 54.1 Å². The Hall–Kier alpha value is -3.88. The summed E-state index contributed by atoms with van der Waals surface area (Å²) in [5, 5.41) is 16.4. The van der Waals surface area contributed by atoms with Gasteiger partial charge in [0.2, 0.25) is 0 Å². The fourth-order valence-electron chi connectivity index (χ4n) is 1.94. The van der Waals surface area contributed by atoms with Crippen LogP contribution >= 0.6 is 0 Å². The van der Waals surface area contributed by atoms with Crippen LogP contribution in [0.15, 0.2) is 53.6 Å². The summed E-state index contributed by atoms with van der Waals surface area (Å²) in [6.45, 7) is -0.551. The molecule has 0 heterocycles. The fourth-order valence-corrected chi connectivity index (χ4v) is 1.94. The number of carboxylic acids is 1. The minimum atomic E-state index is -1.32. The van der Waals surface area contributed by atoms with Gasteiger partial charge in [-0.2, -0.15) is 5.10 Å². The first-order chi connectivity index (χ1) is 13.0. The molecule has 27 heavy (non-hydrogen) atoms. The molecule has 0 spiro atoms. The lowest BCUT2D eigenvalue weighted by Gasteiger charge is -2.08. The van der Waals surface area contributed by atoms with Crippen molar-refractivity contribution in [3.8, 4) is 11.5 Å². The molecule has 140 valence electrons. The van der Waals surface area contributed by atoms with E-state index in [9.17, 15) is 19.5 Å². The van der Waals surface area contributed by atoms with Crippen molar-refractivity contribution in [2.45, 2.75) is 0 Å². The molecule has 2 rings (SSSR count). The number of carboxylic acid groups (broad SMARTS) is 1. The number of anilines is 1. The number of benzene rings is 2. The average molecular weight is 370 g/mol. The van der Waals surface area contributed by atoms with Crippen molar-refractivity contribution in [2.75, 3.05) is 19.0 Å². The van der Waals surface area contributed by atoms with Gasteiger partial charge in [-0.3, -0.25) is 9.59 Å². The van der Waals surface area contributed by atoms with Gasteiger partial charge in [-0.1, -0.05) is 12.1 Å². The number of hydrogen-bond donors (Lipinski definition) is 2. The van der Waals surface area contributed by atoms with Crippen LogP contribution in [0, 0.1) is 0 Å². The van der Waals surface area contributed by atoms with Gasteiger partial charge in [0, 0.05) is 0 Å². The van der Waals surface area contributed by atoms with Crippen LogP contribution in [-0.2, 0) is 14.4 Å². The highest BCUT2D eigenvalue weighted by Crippen LogP contribution is 2.22. The zero-order valence-electron chi connectivity index (χ0n) is 14.3. The molecular weight excluding hydrogens is 354 g/mol. The highest BCUT2D eigenvalue weighted by atomic mass is 16.5. The normalized spacial score (nSPS) is 10.3. The van der Waals surface area contributed by atoms with E-state index < -0.39 is 24.4 Å². The van der Waals surface area contributed by atoms with Crippen molar-refractivity contribution in [1.82, 2.24) is 5.43 Å². The van der Waals surface area contributed by atoms with E-state index >= 15 is 0 Å². The second-order valence-corrected chi connectivity index (χ2v) is 5.08. The molecule has 9 heteroatoms. The lowest BCUT2D eigenvalue weighted by Crippen LogP contribution is -2.32. The van der Waals surface area contributed by atoms with Crippen LogP contribution < -0.4 is 25.3 Å². The Bertz CT molecular complexity index is 848. The second kappa shape index (κ2) is 9.56. The Balaban J connectivity index is 1.87. The highest BCUT2D eigenvalue weighted by Gasteiger charge is 2.14. The third-order valence-corrected chi connectivity index (χ3v) is 3.18. The van der Waals surface area contributed by atoms with Crippen molar-refractivity contribution in [1.29, 1.82) is 0 Å². The van der Waals surface area contributed by atoms with Crippen LogP contribution in [0.4, 0.5) is 5.69 Å². The van der Waals surface area contributed by atoms with Crippen molar-refractivity contribution in [2.24, 2.45) is 5.10 Å². The topological polar surface area (TPSA) is 129 Å². The predicted octanol–water partition coefficient (Wildman–Crippen LogP) is -0.0873. The molecule has 0 atom stereocenters. The second-order valence-electron chi connectivity index (χ2n) is 5.08. The molecule has 2 amide bonds. The lowest BCUT2D eigenvalue weighted by molar-refractivity contribution is -0.307. The van der Waals surface area contributed by atoms with Gasteiger partial charge in [-0.25, -0.2) is 5.43 Å². The van der Waals surface area contributed by atoms with E-state index in [2.05, 4.69) is 15.8 Å². The first kappa shape index (κ1) is 19.4. The number of carbonyl (C=O) groups excluding carboxylic acids is 3. The number of aliphatic carboxylic acids is 1. The van der Waals surface area contributed by atoms with Crippen molar-refractivity contribution >= 4 is 29.7 Å². The molecule has 0 aliphatic rings.